The Balaban J connectivity index is 2.04. The van der Waals surface area contributed by atoms with Crippen molar-refractivity contribution in [2.75, 3.05) is 23.9 Å². The van der Waals surface area contributed by atoms with Crippen LogP contribution in [0.4, 0.5) is 30.5 Å². The SMILES string of the molecule is [2H]C([2H])([2H])NC(=O)c1nnc(NC(=O)C2CC2)cc1Nc1ncc(OC(F)(F)F)cc1S(C)(=O)=O. The van der Waals surface area contributed by atoms with Gasteiger partial charge in [0.1, 0.15) is 16.5 Å². The molecule has 2 heterocycles. The van der Waals surface area contributed by atoms with Gasteiger partial charge >= 0.3 is 6.36 Å². The first kappa shape index (κ1) is 19.2. The minimum atomic E-state index is -5.12. The molecule has 1 aliphatic carbocycles. The lowest BCUT2D eigenvalue weighted by Gasteiger charge is -2.15. The third-order valence-corrected chi connectivity index (χ3v) is 5.15. The van der Waals surface area contributed by atoms with Crippen molar-refractivity contribution < 1.29 is 40.0 Å². The molecule has 15 heteroatoms. The van der Waals surface area contributed by atoms with Gasteiger partial charge in [0.2, 0.25) is 5.91 Å². The van der Waals surface area contributed by atoms with E-state index in [4.69, 9.17) is 4.11 Å². The molecule has 1 aliphatic rings. The zero-order chi connectivity index (χ0) is 26.2. The Morgan fingerprint density at radius 3 is 2.56 bits per heavy atom. The predicted molar refractivity (Wildman–Crippen MR) is 104 cm³/mol. The zero-order valence-corrected chi connectivity index (χ0v) is 17.0. The molecule has 11 nitrogen and oxygen atoms in total. The quantitative estimate of drug-likeness (QED) is 0.540. The number of ether oxygens (including phenoxy) is 1. The van der Waals surface area contributed by atoms with Crippen molar-refractivity contribution in [3.63, 3.8) is 0 Å². The summed E-state index contributed by atoms with van der Waals surface area (Å²) in [7, 11) is -4.19. The summed E-state index contributed by atoms with van der Waals surface area (Å²) in [5.74, 6) is -3.46. The lowest BCUT2D eigenvalue weighted by molar-refractivity contribution is -0.274. The van der Waals surface area contributed by atoms with Gasteiger partial charge in [-0.3, -0.25) is 9.59 Å². The molecule has 2 amide bonds. The summed E-state index contributed by atoms with van der Waals surface area (Å²) in [4.78, 5) is 27.4. The molecule has 1 fully saturated rings. The van der Waals surface area contributed by atoms with Crippen LogP contribution in [0.5, 0.6) is 5.75 Å². The molecule has 0 unspecified atom stereocenters. The molecule has 0 aliphatic heterocycles. The van der Waals surface area contributed by atoms with Gasteiger partial charge in [-0.25, -0.2) is 13.4 Å². The maximum atomic E-state index is 12.5. The van der Waals surface area contributed by atoms with Gasteiger partial charge in [-0.05, 0) is 12.8 Å². The van der Waals surface area contributed by atoms with Crippen LogP contribution in [0.25, 0.3) is 0 Å². The lowest BCUT2D eigenvalue weighted by atomic mass is 10.2. The third kappa shape index (κ3) is 5.81. The number of carbonyl (C=O) groups is 2. The van der Waals surface area contributed by atoms with E-state index in [1.807, 2.05) is 0 Å². The number of rotatable bonds is 7. The van der Waals surface area contributed by atoms with E-state index < -0.39 is 51.2 Å². The number of hydrogen-bond donors (Lipinski definition) is 3. The van der Waals surface area contributed by atoms with Crippen LogP contribution in [0.3, 0.4) is 0 Å². The van der Waals surface area contributed by atoms with E-state index >= 15 is 0 Å². The molecule has 1 saturated carbocycles. The third-order valence-electron chi connectivity index (χ3n) is 4.04. The van der Waals surface area contributed by atoms with Crippen LogP contribution in [0, 0.1) is 5.92 Å². The molecule has 3 rings (SSSR count). The van der Waals surface area contributed by atoms with Crippen molar-refractivity contribution in [1.29, 1.82) is 0 Å². The van der Waals surface area contributed by atoms with Crippen LogP contribution in [0.1, 0.15) is 27.4 Å². The number of carbonyl (C=O) groups excluding carboxylic acids is 2. The Bertz CT molecular complexity index is 1270. The summed E-state index contributed by atoms with van der Waals surface area (Å²) in [5.41, 5.74) is -0.961. The van der Waals surface area contributed by atoms with Gasteiger partial charge in [0, 0.05) is 35.4 Å². The number of anilines is 3. The number of hydrogen-bond acceptors (Lipinski definition) is 9. The first-order chi connectivity index (χ1) is 16.0. The van der Waals surface area contributed by atoms with Crippen molar-refractivity contribution in [2.45, 2.75) is 24.1 Å². The summed E-state index contributed by atoms with van der Waals surface area (Å²) in [6.07, 6.45) is -2.51. The summed E-state index contributed by atoms with van der Waals surface area (Å²) < 4.78 is 87.3. The summed E-state index contributed by atoms with van der Waals surface area (Å²) in [6, 6.07) is 1.63. The number of aromatic nitrogens is 3. The molecule has 2 aromatic rings. The van der Waals surface area contributed by atoms with E-state index in [-0.39, 0.29) is 23.3 Å². The molecule has 32 heavy (non-hydrogen) atoms. The molecule has 0 radical (unpaired) electrons. The number of halogens is 3. The van der Waals surface area contributed by atoms with Gasteiger partial charge in [0.25, 0.3) is 5.91 Å². The lowest BCUT2D eigenvalue weighted by Crippen LogP contribution is -2.23. The molecular formula is C17H17F3N6O5S. The number of alkyl halides is 3. The Morgan fingerprint density at radius 2 is 1.97 bits per heavy atom. The molecule has 0 bridgehead atoms. The van der Waals surface area contributed by atoms with Crippen LogP contribution < -0.4 is 20.7 Å². The first-order valence-electron chi connectivity index (χ1n) is 10.3. The van der Waals surface area contributed by atoms with E-state index in [1.165, 1.54) is 0 Å². The van der Waals surface area contributed by atoms with Crippen molar-refractivity contribution in [1.82, 2.24) is 20.5 Å². The minimum absolute atomic E-state index is 0.159. The highest BCUT2D eigenvalue weighted by Gasteiger charge is 2.32. The maximum Gasteiger partial charge on any atom is 0.573 e. The van der Waals surface area contributed by atoms with Gasteiger partial charge in [0.05, 0.1) is 11.9 Å². The van der Waals surface area contributed by atoms with E-state index in [1.54, 1.807) is 5.32 Å². The van der Waals surface area contributed by atoms with Crippen LogP contribution in [0.15, 0.2) is 23.2 Å². The molecule has 172 valence electrons. The first-order valence-corrected chi connectivity index (χ1v) is 10.6. The fraction of sp³-hybridized carbons (Fsp3) is 0.353. The van der Waals surface area contributed by atoms with E-state index in [2.05, 4.69) is 30.6 Å². The van der Waals surface area contributed by atoms with Gasteiger partial charge < -0.3 is 20.7 Å². The average Bonchev–Trinajstić information content (AvgIpc) is 3.51. The minimum Gasteiger partial charge on any atom is -0.404 e. The topological polar surface area (TPSA) is 152 Å². The highest BCUT2D eigenvalue weighted by molar-refractivity contribution is 7.90. The monoisotopic (exact) mass is 477 g/mol. The number of nitrogens with zero attached hydrogens (tertiary/aromatic N) is 3. The number of nitrogens with one attached hydrogen (secondary N) is 3. The van der Waals surface area contributed by atoms with Crippen LogP contribution in [0.2, 0.25) is 0 Å². The van der Waals surface area contributed by atoms with Crippen molar-refractivity contribution in [3.8, 4) is 5.75 Å². The summed E-state index contributed by atoms with van der Waals surface area (Å²) in [5, 5.41) is 13.8. The average molecular weight is 477 g/mol. The van der Waals surface area contributed by atoms with Gasteiger partial charge in [-0.2, -0.15) is 0 Å². The largest absolute Gasteiger partial charge is 0.573 e. The molecule has 3 N–H and O–H groups in total. The summed E-state index contributed by atoms with van der Waals surface area (Å²) >= 11 is 0. The normalized spacial score (nSPS) is 15.7. The number of pyridine rings is 1. The Hall–Kier alpha value is -3.49. The molecule has 0 atom stereocenters. The fourth-order valence-electron chi connectivity index (χ4n) is 2.47. The van der Waals surface area contributed by atoms with E-state index in [0.717, 1.165) is 6.07 Å². The Kier molecular flexibility index (Phi) is 5.14. The van der Waals surface area contributed by atoms with Crippen molar-refractivity contribution in [2.24, 2.45) is 5.92 Å². The van der Waals surface area contributed by atoms with Crippen LogP contribution in [-0.2, 0) is 14.6 Å². The number of amides is 2. The Morgan fingerprint density at radius 1 is 1.25 bits per heavy atom. The molecule has 0 saturated heterocycles. The van der Waals surface area contributed by atoms with E-state index in [9.17, 15) is 31.2 Å². The van der Waals surface area contributed by atoms with Gasteiger partial charge in [0.15, 0.2) is 21.3 Å². The maximum absolute atomic E-state index is 12.5. The zero-order valence-electron chi connectivity index (χ0n) is 19.1. The second-order valence-electron chi connectivity index (χ2n) is 6.67. The van der Waals surface area contributed by atoms with Crippen molar-refractivity contribution in [3.05, 3.63) is 24.0 Å². The van der Waals surface area contributed by atoms with Crippen molar-refractivity contribution >= 4 is 39.0 Å². The number of sulfone groups is 1. The molecule has 2 aromatic heterocycles. The smallest absolute Gasteiger partial charge is 0.404 e. The van der Waals surface area contributed by atoms with E-state index in [0.29, 0.717) is 31.4 Å². The fourth-order valence-corrected chi connectivity index (χ4v) is 3.25. The van der Waals surface area contributed by atoms with Crippen LogP contribution >= 0.6 is 0 Å². The highest BCUT2D eigenvalue weighted by atomic mass is 32.2. The highest BCUT2D eigenvalue weighted by Crippen LogP contribution is 2.32. The summed E-state index contributed by atoms with van der Waals surface area (Å²) in [6.45, 7) is -2.92. The predicted octanol–water partition coefficient (Wildman–Crippen LogP) is 1.63. The standard InChI is InChI=1S/C17H17F3N6O5S/c1-21-16(28)13-10(6-12(25-26-13)24-15(27)8-3-4-8)23-14-11(32(2,29)30)5-9(7-22-14)31-17(18,19)20/h5-8H,3-4H2,1-2H3,(H,21,28)(H2,22,23,24,25,27)/i1D3. The Labute approximate surface area is 183 Å². The molecule has 0 aromatic carbocycles. The molecule has 0 spiro atoms. The molecular weight excluding hydrogens is 457 g/mol. The second-order valence-corrected chi connectivity index (χ2v) is 8.66. The van der Waals surface area contributed by atoms with Gasteiger partial charge in [-0.15, -0.1) is 23.4 Å². The van der Waals surface area contributed by atoms with Crippen LogP contribution in [-0.4, -0.2) is 55.0 Å². The van der Waals surface area contributed by atoms with Gasteiger partial charge in [-0.1, -0.05) is 0 Å². The second kappa shape index (κ2) is 8.57.